The molecule has 0 aromatic heterocycles. The number of carbonyl (C=O) groups is 2. The summed E-state index contributed by atoms with van der Waals surface area (Å²) in [6.45, 7) is 1.96. The molecule has 0 saturated heterocycles. The van der Waals surface area contributed by atoms with Gasteiger partial charge in [0.2, 0.25) is 0 Å². The fourth-order valence-corrected chi connectivity index (χ4v) is 3.08. The van der Waals surface area contributed by atoms with Crippen molar-refractivity contribution in [1.82, 2.24) is 0 Å². The number of aryl methyl sites for hydroxylation is 1. The Morgan fingerprint density at radius 3 is 1.60 bits per heavy atom. The number of hydrogen-bond acceptors (Lipinski definition) is 8. The van der Waals surface area contributed by atoms with Crippen LogP contribution in [0.4, 0.5) is 35.9 Å². The molecule has 0 unspecified atom stereocenters. The molecule has 0 heterocycles. The number of nitro groups is 2. The molecule has 0 atom stereocenters. The second-order valence-electron chi connectivity index (χ2n) is 8.32. The van der Waals surface area contributed by atoms with Gasteiger partial charge in [-0.1, -0.05) is 17.7 Å². The Labute approximate surface area is 247 Å². The first-order valence-electron chi connectivity index (χ1n) is 11.8. The van der Waals surface area contributed by atoms with Gasteiger partial charge in [0.1, 0.15) is 5.75 Å². The highest BCUT2D eigenvalue weighted by Crippen LogP contribution is 2.23. The van der Waals surface area contributed by atoms with Crippen molar-refractivity contribution in [3.05, 3.63) is 134 Å². The van der Waals surface area contributed by atoms with E-state index in [-0.39, 0.29) is 28.6 Å². The summed E-state index contributed by atoms with van der Waals surface area (Å²) >= 11 is 5.13. The number of halogens is 4. The minimum Gasteiger partial charge on any atom is -0.406 e. The number of alkyl halides is 3. The Morgan fingerprint density at radius 2 is 1.21 bits per heavy atom. The predicted molar refractivity (Wildman–Crippen MR) is 153 cm³/mol. The Bertz CT molecular complexity index is 1520. The first-order chi connectivity index (χ1) is 20.1. The van der Waals surface area contributed by atoms with Crippen molar-refractivity contribution in [3.63, 3.8) is 0 Å². The second-order valence-corrected chi connectivity index (χ2v) is 8.66. The number of nitro benzene ring substituents is 2. The lowest BCUT2D eigenvalue weighted by Crippen LogP contribution is -2.16. The zero-order chi connectivity index (χ0) is 32.2. The summed E-state index contributed by atoms with van der Waals surface area (Å²) < 4.78 is 38.4. The third kappa shape index (κ3) is 12.3. The first-order valence-corrected chi connectivity index (χ1v) is 12.2. The smallest absolute Gasteiger partial charge is 0.406 e. The molecule has 1 amide bonds. The molecule has 0 fully saturated rings. The lowest BCUT2D eigenvalue weighted by Gasteiger charge is -2.07. The van der Waals surface area contributed by atoms with Crippen LogP contribution in [0.1, 0.15) is 26.3 Å². The van der Waals surface area contributed by atoms with E-state index >= 15 is 0 Å². The number of nitrogens with one attached hydrogen (secondary N) is 1. The van der Waals surface area contributed by atoms with E-state index in [0.717, 1.165) is 17.7 Å². The van der Waals surface area contributed by atoms with E-state index in [1.807, 2.05) is 19.1 Å². The number of amides is 1. The van der Waals surface area contributed by atoms with Gasteiger partial charge in [-0.15, -0.1) is 13.2 Å². The number of nitrogens with zero attached hydrogens (tertiary/aromatic N) is 2. The molecule has 224 valence electrons. The summed E-state index contributed by atoms with van der Waals surface area (Å²) in [7, 11) is 0. The van der Waals surface area contributed by atoms with Gasteiger partial charge in [-0.25, -0.2) is 0 Å². The highest BCUT2D eigenvalue weighted by atomic mass is 35.5. The molecule has 0 radical (unpaired) electrons. The molecule has 0 aliphatic heterocycles. The maximum Gasteiger partial charge on any atom is 0.573 e. The second kappa shape index (κ2) is 15.5. The van der Waals surface area contributed by atoms with Crippen molar-refractivity contribution in [3.8, 4) is 5.75 Å². The van der Waals surface area contributed by atoms with Crippen molar-refractivity contribution >= 4 is 45.5 Å². The first kappa shape index (κ1) is 33.7. The van der Waals surface area contributed by atoms with E-state index in [1.165, 1.54) is 60.7 Å². The molecule has 0 saturated carbocycles. The summed E-state index contributed by atoms with van der Waals surface area (Å²) in [4.78, 5) is 42.1. The zero-order valence-corrected chi connectivity index (χ0v) is 22.8. The van der Waals surface area contributed by atoms with Crippen molar-refractivity contribution in [2.75, 3.05) is 11.1 Å². The van der Waals surface area contributed by atoms with Gasteiger partial charge in [0.05, 0.1) is 9.85 Å². The Morgan fingerprint density at radius 1 is 0.767 bits per heavy atom. The highest BCUT2D eigenvalue weighted by molar-refractivity contribution is 6.67. The summed E-state index contributed by atoms with van der Waals surface area (Å²) in [5.74, 6) is -0.560. The van der Waals surface area contributed by atoms with E-state index in [1.54, 1.807) is 12.1 Å². The Balaban J connectivity index is 0.000000236. The van der Waals surface area contributed by atoms with Crippen molar-refractivity contribution in [2.24, 2.45) is 0 Å². The molecule has 4 aromatic carbocycles. The van der Waals surface area contributed by atoms with Crippen LogP contribution in [0.25, 0.3) is 0 Å². The maximum atomic E-state index is 11.9. The summed E-state index contributed by atoms with van der Waals surface area (Å²) in [5.41, 5.74) is 7.98. The number of rotatable bonds is 6. The zero-order valence-electron chi connectivity index (χ0n) is 22.1. The summed E-state index contributed by atoms with van der Waals surface area (Å²) in [6, 6.07) is 22.9. The fraction of sp³-hybridized carbons (Fsp3) is 0.0714. The molecule has 0 spiro atoms. The number of non-ortho nitro benzene ring substituents is 2. The van der Waals surface area contributed by atoms with Gasteiger partial charge in [-0.05, 0) is 79.2 Å². The molecule has 0 bridgehead atoms. The van der Waals surface area contributed by atoms with Crippen LogP contribution in [0.3, 0.4) is 0 Å². The van der Waals surface area contributed by atoms with Crippen LogP contribution in [-0.2, 0) is 0 Å². The van der Waals surface area contributed by atoms with E-state index < -0.39 is 21.5 Å². The molecule has 15 heteroatoms. The lowest BCUT2D eigenvalue weighted by molar-refractivity contribution is -0.385. The van der Waals surface area contributed by atoms with Gasteiger partial charge in [-0.2, -0.15) is 0 Å². The third-order valence-corrected chi connectivity index (χ3v) is 5.29. The highest BCUT2D eigenvalue weighted by Gasteiger charge is 2.30. The van der Waals surface area contributed by atoms with Gasteiger partial charge < -0.3 is 15.8 Å². The third-order valence-electron chi connectivity index (χ3n) is 5.07. The van der Waals surface area contributed by atoms with Crippen LogP contribution >= 0.6 is 11.6 Å². The average Bonchev–Trinajstić information content (AvgIpc) is 2.95. The van der Waals surface area contributed by atoms with E-state index in [0.29, 0.717) is 16.9 Å². The monoisotopic (exact) mass is 618 g/mol. The predicted octanol–water partition coefficient (Wildman–Crippen LogP) is 7.30. The number of hydrogen-bond donors (Lipinski definition) is 2. The molecule has 0 aliphatic rings. The van der Waals surface area contributed by atoms with Gasteiger partial charge in [0, 0.05) is 46.8 Å². The standard InChI is InChI=1S/C14H12N2O3.C7H4ClNO3.C7H6F3NO/c1-10-2-6-12(7-3-10)15-14(17)11-4-8-13(9-5-11)16(18)19;8-7(10)5-1-3-6(4-2-5)9(11)12;8-7(9,10)12-6-3-1-5(11)2-4-6/h2-9H,1H3,(H,15,17);1-4H;1-4H,11H2. The number of ether oxygens (including phenoxy) is 1. The molecule has 11 nitrogen and oxygen atoms in total. The van der Waals surface area contributed by atoms with Crippen LogP contribution in [0.15, 0.2) is 97.1 Å². The number of carbonyl (C=O) groups excluding carboxylic acids is 2. The molecule has 43 heavy (non-hydrogen) atoms. The number of anilines is 2. The quantitative estimate of drug-likeness (QED) is 0.0982. The van der Waals surface area contributed by atoms with Gasteiger partial charge in [-0.3, -0.25) is 29.8 Å². The van der Waals surface area contributed by atoms with Gasteiger partial charge >= 0.3 is 6.36 Å². The van der Waals surface area contributed by atoms with Crippen LogP contribution in [-0.4, -0.2) is 27.4 Å². The molecule has 3 N–H and O–H groups in total. The van der Waals surface area contributed by atoms with E-state index in [9.17, 15) is 43.0 Å². The largest absolute Gasteiger partial charge is 0.573 e. The molecule has 4 aromatic rings. The van der Waals surface area contributed by atoms with Crippen LogP contribution in [0, 0.1) is 27.2 Å². The van der Waals surface area contributed by atoms with Crippen LogP contribution < -0.4 is 15.8 Å². The maximum absolute atomic E-state index is 11.9. The minimum absolute atomic E-state index is 0.0353. The average molecular weight is 619 g/mol. The number of benzene rings is 4. The Kier molecular flexibility index (Phi) is 12.1. The normalized spacial score (nSPS) is 10.2. The van der Waals surface area contributed by atoms with Crippen molar-refractivity contribution < 1.29 is 37.3 Å². The van der Waals surface area contributed by atoms with Gasteiger partial charge in [0.15, 0.2) is 0 Å². The number of nitrogen functional groups attached to an aromatic ring is 1. The molecule has 0 aliphatic carbocycles. The Hall–Kier alpha value is -5.50. The molecular formula is C28H22ClF3N4O7. The molecule has 4 rings (SSSR count). The lowest BCUT2D eigenvalue weighted by atomic mass is 10.2. The van der Waals surface area contributed by atoms with Crippen molar-refractivity contribution in [2.45, 2.75) is 13.3 Å². The molecular weight excluding hydrogens is 597 g/mol. The number of nitrogens with two attached hydrogens (primary N) is 1. The fourth-order valence-electron chi connectivity index (χ4n) is 2.96. The summed E-state index contributed by atoms with van der Waals surface area (Å²) in [6.07, 6.45) is -4.64. The van der Waals surface area contributed by atoms with E-state index in [2.05, 4.69) is 10.1 Å². The topological polar surface area (TPSA) is 168 Å². The van der Waals surface area contributed by atoms with Crippen molar-refractivity contribution in [1.29, 1.82) is 0 Å². The summed E-state index contributed by atoms with van der Waals surface area (Å²) in [5, 5.41) is 22.8. The van der Waals surface area contributed by atoms with Crippen LogP contribution in [0.5, 0.6) is 5.75 Å². The SMILES string of the molecule is Cc1ccc(NC(=O)c2ccc([N+](=O)[O-])cc2)cc1.Nc1ccc(OC(F)(F)F)cc1.O=C(Cl)c1ccc([N+](=O)[O-])cc1. The van der Waals surface area contributed by atoms with E-state index in [4.69, 9.17) is 17.3 Å². The van der Waals surface area contributed by atoms with Crippen LogP contribution in [0.2, 0.25) is 0 Å². The minimum atomic E-state index is -4.64. The van der Waals surface area contributed by atoms with Gasteiger partial charge in [0.25, 0.3) is 22.5 Å².